The van der Waals surface area contributed by atoms with E-state index >= 15 is 0 Å². The molecule has 0 spiro atoms. The Morgan fingerprint density at radius 3 is 2.41 bits per heavy atom. The third-order valence-electron chi connectivity index (χ3n) is 5.43. The van der Waals surface area contributed by atoms with E-state index in [4.69, 9.17) is 0 Å². The lowest BCUT2D eigenvalue weighted by Gasteiger charge is -2.13. The van der Waals surface area contributed by atoms with Gasteiger partial charge in [0.25, 0.3) is 5.56 Å². The number of benzene rings is 3. The molecule has 3 aromatic carbocycles. The third-order valence-corrected chi connectivity index (χ3v) is 6.58. The van der Waals surface area contributed by atoms with Crippen molar-refractivity contribution in [3.8, 4) is 0 Å². The largest absolute Gasteiger partial charge is 0.332 e. The number of carbonyl (C=O) groups is 1. The van der Waals surface area contributed by atoms with Crippen LogP contribution in [0.5, 0.6) is 0 Å². The zero-order valence-corrected chi connectivity index (χ0v) is 18.4. The summed E-state index contributed by atoms with van der Waals surface area (Å²) >= 11 is 1.24. The first-order valence-corrected chi connectivity index (χ1v) is 11.2. The molecule has 0 aliphatic carbocycles. The number of nitrogens with one attached hydrogen (secondary N) is 1. The van der Waals surface area contributed by atoms with E-state index in [1.54, 1.807) is 24.3 Å². The Bertz CT molecular complexity index is 1670. The zero-order chi connectivity index (χ0) is 23.8. The second-order valence-electron chi connectivity index (χ2n) is 7.69. The van der Waals surface area contributed by atoms with Gasteiger partial charge in [-0.15, -0.1) is 11.3 Å². The van der Waals surface area contributed by atoms with E-state index in [-0.39, 0.29) is 12.2 Å². The number of carbonyl (C=O) groups excluding carboxylic acids is 1. The van der Waals surface area contributed by atoms with Crippen molar-refractivity contribution < 1.29 is 13.6 Å². The average Bonchev–Trinajstić information content (AvgIpc) is 3.22. The number of amides is 1. The number of rotatable bonds is 5. The summed E-state index contributed by atoms with van der Waals surface area (Å²) in [7, 11) is 0. The number of thiophene rings is 1. The molecule has 0 bridgehead atoms. The maximum atomic E-state index is 14.0. The van der Waals surface area contributed by atoms with Crippen molar-refractivity contribution in [2.45, 2.75) is 13.1 Å². The monoisotopic (exact) mass is 477 g/mol. The fraction of sp³-hybridized carbons (Fsp3) is 0.0800. The van der Waals surface area contributed by atoms with Gasteiger partial charge in [0.1, 0.15) is 22.9 Å². The maximum absolute atomic E-state index is 14.0. The summed E-state index contributed by atoms with van der Waals surface area (Å²) in [6, 6.07) is 19.1. The molecule has 2 aromatic heterocycles. The fourth-order valence-electron chi connectivity index (χ4n) is 3.87. The van der Waals surface area contributed by atoms with E-state index in [0.717, 1.165) is 27.0 Å². The predicted octanol–water partition coefficient (Wildman–Crippen LogP) is 4.34. The number of nitrogens with zero attached hydrogens (tertiary/aromatic N) is 2. The first-order chi connectivity index (χ1) is 16.4. The van der Waals surface area contributed by atoms with Crippen LogP contribution in [-0.2, 0) is 17.9 Å². The summed E-state index contributed by atoms with van der Waals surface area (Å²) in [5, 5.41) is 3.05. The number of halogens is 2. The molecule has 6 nitrogen and oxygen atoms in total. The highest BCUT2D eigenvalue weighted by molar-refractivity contribution is 7.25. The molecule has 0 radical (unpaired) electrons. The molecular formula is C25H17F2N3O3S. The van der Waals surface area contributed by atoms with Gasteiger partial charge in [-0.3, -0.25) is 18.7 Å². The first kappa shape index (κ1) is 21.7. The summed E-state index contributed by atoms with van der Waals surface area (Å²) < 4.78 is 30.7. The zero-order valence-electron chi connectivity index (χ0n) is 17.6. The van der Waals surface area contributed by atoms with Gasteiger partial charge in [-0.25, -0.2) is 13.6 Å². The van der Waals surface area contributed by atoms with E-state index in [2.05, 4.69) is 5.32 Å². The molecule has 0 saturated carbocycles. The predicted molar refractivity (Wildman–Crippen MR) is 128 cm³/mol. The summed E-state index contributed by atoms with van der Waals surface area (Å²) in [5.41, 5.74) is -0.185. The summed E-state index contributed by atoms with van der Waals surface area (Å²) in [6.45, 7) is -0.418. The molecule has 5 aromatic rings. The Morgan fingerprint density at radius 1 is 0.912 bits per heavy atom. The van der Waals surface area contributed by atoms with E-state index < -0.39 is 35.3 Å². The van der Waals surface area contributed by atoms with Crippen molar-refractivity contribution in [2.24, 2.45) is 0 Å². The lowest BCUT2D eigenvalue weighted by Crippen LogP contribution is -2.41. The number of hydrogen-bond donors (Lipinski definition) is 1. The van der Waals surface area contributed by atoms with Crippen molar-refractivity contribution >= 4 is 43.2 Å². The topological polar surface area (TPSA) is 73.1 Å². The quantitative estimate of drug-likeness (QED) is 0.409. The minimum absolute atomic E-state index is 0.0386. The molecule has 0 unspecified atom stereocenters. The van der Waals surface area contributed by atoms with Gasteiger partial charge in [0.2, 0.25) is 5.91 Å². The Balaban J connectivity index is 1.65. The Hall–Kier alpha value is -4.11. The second kappa shape index (κ2) is 8.68. The Morgan fingerprint density at radius 2 is 1.65 bits per heavy atom. The van der Waals surface area contributed by atoms with Gasteiger partial charge >= 0.3 is 5.69 Å². The normalized spacial score (nSPS) is 11.2. The van der Waals surface area contributed by atoms with Crippen LogP contribution >= 0.6 is 11.3 Å². The van der Waals surface area contributed by atoms with Crippen molar-refractivity contribution in [3.63, 3.8) is 0 Å². The molecule has 0 saturated heterocycles. The van der Waals surface area contributed by atoms with Gasteiger partial charge < -0.3 is 5.32 Å². The molecular weight excluding hydrogens is 460 g/mol. The summed E-state index contributed by atoms with van der Waals surface area (Å²) in [6.07, 6.45) is 0. The molecule has 34 heavy (non-hydrogen) atoms. The van der Waals surface area contributed by atoms with Crippen LogP contribution in [0.15, 0.2) is 82.4 Å². The smallest absolute Gasteiger partial charge is 0.322 e. The number of aromatic nitrogens is 2. The molecule has 2 heterocycles. The fourth-order valence-corrected chi connectivity index (χ4v) is 5.03. The average molecular weight is 477 g/mol. The van der Waals surface area contributed by atoms with E-state index in [1.165, 1.54) is 15.9 Å². The minimum Gasteiger partial charge on any atom is -0.322 e. The van der Waals surface area contributed by atoms with Crippen LogP contribution in [0.1, 0.15) is 5.56 Å². The van der Waals surface area contributed by atoms with Crippen molar-refractivity contribution in [3.05, 3.63) is 111 Å². The van der Waals surface area contributed by atoms with Gasteiger partial charge in [0.05, 0.1) is 17.7 Å². The SMILES string of the molecule is O=C(Cn1c(=O)n(Cc2ccccc2)c(=O)c2sc3ccccc3c21)Nc1ccc(F)cc1F. The van der Waals surface area contributed by atoms with Gasteiger partial charge in [-0.2, -0.15) is 0 Å². The second-order valence-corrected chi connectivity index (χ2v) is 8.75. The van der Waals surface area contributed by atoms with Crippen LogP contribution in [0.2, 0.25) is 0 Å². The Labute approximate surface area is 195 Å². The standard InChI is InChI=1S/C25H17F2N3O3S/c26-16-10-11-19(18(27)12-16)28-21(31)14-29-22-17-8-4-5-9-20(17)34-23(22)24(32)30(25(29)33)13-15-6-2-1-3-7-15/h1-12H,13-14H2,(H,28,31). The molecule has 1 amide bonds. The molecule has 0 atom stereocenters. The third kappa shape index (κ3) is 3.90. The Kier molecular flexibility index (Phi) is 5.54. The summed E-state index contributed by atoms with van der Waals surface area (Å²) in [5.74, 6) is -2.39. The van der Waals surface area contributed by atoms with E-state index in [1.807, 2.05) is 30.3 Å². The highest BCUT2D eigenvalue weighted by Gasteiger charge is 2.20. The number of fused-ring (bicyclic) bond motifs is 3. The van der Waals surface area contributed by atoms with Gasteiger partial charge in [0.15, 0.2) is 0 Å². The van der Waals surface area contributed by atoms with Crippen LogP contribution < -0.4 is 16.6 Å². The molecule has 0 fully saturated rings. The van der Waals surface area contributed by atoms with Gasteiger partial charge in [0, 0.05) is 16.2 Å². The highest BCUT2D eigenvalue weighted by atomic mass is 32.1. The molecule has 170 valence electrons. The lowest BCUT2D eigenvalue weighted by atomic mass is 10.2. The van der Waals surface area contributed by atoms with E-state index in [9.17, 15) is 23.2 Å². The minimum atomic E-state index is -0.930. The van der Waals surface area contributed by atoms with Gasteiger partial charge in [-0.05, 0) is 23.8 Å². The molecule has 0 aliphatic heterocycles. The first-order valence-electron chi connectivity index (χ1n) is 10.4. The lowest BCUT2D eigenvalue weighted by molar-refractivity contribution is -0.116. The van der Waals surface area contributed by atoms with Crippen LogP contribution in [0.4, 0.5) is 14.5 Å². The van der Waals surface area contributed by atoms with Crippen LogP contribution in [0.3, 0.4) is 0 Å². The highest BCUT2D eigenvalue weighted by Crippen LogP contribution is 2.31. The number of hydrogen-bond acceptors (Lipinski definition) is 4. The van der Waals surface area contributed by atoms with Crippen molar-refractivity contribution in [2.75, 3.05) is 5.32 Å². The molecule has 9 heteroatoms. The van der Waals surface area contributed by atoms with Crippen LogP contribution in [0.25, 0.3) is 20.3 Å². The molecule has 0 aliphatic rings. The van der Waals surface area contributed by atoms with Crippen LogP contribution in [0, 0.1) is 11.6 Å². The number of anilines is 1. The van der Waals surface area contributed by atoms with Crippen molar-refractivity contribution in [1.82, 2.24) is 9.13 Å². The van der Waals surface area contributed by atoms with Crippen molar-refractivity contribution in [1.29, 1.82) is 0 Å². The van der Waals surface area contributed by atoms with E-state index in [0.29, 0.717) is 21.7 Å². The van der Waals surface area contributed by atoms with Gasteiger partial charge in [-0.1, -0.05) is 48.5 Å². The summed E-state index contributed by atoms with van der Waals surface area (Å²) in [4.78, 5) is 39.6. The molecule has 5 rings (SSSR count). The van der Waals surface area contributed by atoms with Crippen LogP contribution in [-0.4, -0.2) is 15.0 Å². The molecule has 1 N–H and O–H groups in total. The maximum Gasteiger partial charge on any atom is 0.332 e.